The van der Waals surface area contributed by atoms with Gasteiger partial charge in [-0.05, 0) is 55.1 Å². The summed E-state index contributed by atoms with van der Waals surface area (Å²) in [7, 11) is 0. The summed E-state index contributed by atoms with van der Waals surface area (Å²) >= 11 is 0. The largest absolute Gasteiger partial charge is 0.480 e. The number of rotatable bonds is 20. The van der Waals surface area contributed by atoms with Gasteiger partial charge in [0.05, 0.1) is 18.3 Å². The molecule has 1 saturated heterocycles. The molecule has 26 nitrogen and oxygen atoms in total. The van der Waals surface area contributed by atoms with E-state index in [4.69, 9.17) is 17.2 Å². The van der Waals surface area contributed by atoms with E-state index in [-0.39, 0.29) is 74.9 Å². The fraction of sp³-hybridized carbons (Fsp3) is 0.542. The van der Waals surface area contributed by atoms with Crippen molar-refractivity contribution in [2.45, 2.75) is 135 Å². The summed E-state index contributed by atoms with van der Waals surface area (Å²) in [6, 6.07) is -4.68. The predicted molar refractivity (Wildman–Crippen MR) is 267 cm³/mol. The van der Waals surface area contributed by atoms with E-state index in [1.807, 2.05) is 13.8 Å². The van der Waals surface area contributed by atoms with Gasteiger partial charge in [0.15, 0.2) is 5.96 Å². The van der Waals surface area contributed by atoms with Gasteiger partial charge in [-0.1, -0.05) is 53.7 Å². The molecule has 402 valence electrons. The Kier molecular flexibility index (Phi) is 19.4. The molecule has 6 rings (SSSR count). The zero-order chi connectivity index (χ0) is 54.7. The van der Waals surface area contributed by atoms with Crippen LogP contribution in [0.1, 0.15) is 96.4 Å². The molecular weight excluding hydrogens is 965 g/mol. The number of carbonyl (C=O) groups is 10. The predicted octanol–water partition coefficient (Wildman–Crippen LogP) is -2.17. The van der Waals surface area contributed by atoms with Gasteiger partial charge in [-0.2, -0.15) is 0 Å². The van der Waals surface area contributed by atoms with Crippen molar-refractivity contribution in [1.29, 1.82) is 0 Å². The molecule has 0 aliphatic carbocycles. The summed E-state index contributed by atoms with van der Waals surface area (Å²) in [5.41, 5.74) is 17.7. The minimum Gasteiger partial charge on any atom is -0.480 e. The molecule has 5 heterocycles. The molecule has 0 spiro atoms. The van der Waals surface area contributed by atoms with Crippen molar-refractivity contribution in [3.8, 4) is 5.82 Å². The lowest BCUT2D eigenvalue weighted by atomic mass is 9.81. The number of guanidine groups is 1. The molecule has 8 atom stereocenters. The van der Waals surface area contributed by atoms with Crippen LogP contribution in [0.5, 0.6) is 0 Å². The van der Waals surface area contributed by atoms with Gasteiger partial charge in [0.25, 0.3) is 5.91 Å². The van der Waals surface area contributed by atoms with Gasteiger partial charge in [0, 0.05) is 54.4 Å². The number of aromatic nitrogens is 3. The molecule has 16 N–H and O–H groups in total. The first-order chi connectivity index (χ1) is 34.9. The average molecular weight is 1030 g/mol. The van der Waals surface area contributed by atoms with E-state index in [0.717, 1.165) is 0 Å². The number of nitrogens with two attached hydrogens (primary N) is 3. The molecular formula is C48H68N14O12. The number of hydrogen-bond donors (Lipinski definition) is 13. The number of carboxylic acid groups (broad SMARTS) is 2. The van der Waals surface area contributed by atoms with E-state index in [1.165, 1.54) is 17.1 Å². The lowest BCUT2D eigenvalue weighted by molar-refractivity contribution is -0.142. The number of nitrogens with one attached hydrogen (secondary N) is 8. The highest BCUT2D eigenvalue weighted by Gasteiger charge is 2.41. The minimum absolute atomic E-state index is 0.0239. The van der Waals surface area contributed by atoms with Crippen LogP contribution in [0.4, 0.5) is 0 Å². The van der Waals surface area contributed by atoms with Crippen LogP contribution in [0.25, 0.3) is 16.7 Å². The van der Waals surface area contributed by atoms with Crippen molar-refractivity contribution in [2.75, 3.05) is 13.1 Å². The third-order valence-corrected chi connectivity index (χ3v) is 12.8. The van der Waals surface area contributed by atoms with Crippen LogP contribution in [0, 0.1) is 17.8 Å². The zero-order valence-corrected chi connectivity index (χ0v) is 42.2. The van der Waals surface area contributed by atoms with Gasteiger partial charge in [-0.15, -0.1) is 0 Å². The van der Waals surface area contributed by atoms with Crippen LogP contribution in [0.15, 0.2) is 35.7 Å². The molecule has 0 unspecified atom stereocenters. The van der Waals surface area contributed by atoms with E-state index in [9.17, 15) is 58.2 Å². The Bertz CT molecular complexity index is 2650. The summed E-state index contributed by atoms with van der Waals surface area (Å²) in [5, 5.41) is 38.8. The molecule has 3 aliphatic rings. The van der Waals surface area contributed by atoms with E-state index in [1.54, 1.807) is 45.9 Å². The number of Topliss-reactive ketones (excluding diaryl/α,β-unsaturated/α-hetero) is 1. The van der Waals surface area contributed by atoms with Crippen molar-refractivity contribution in [3.63, 3.8) is 0 Å². The molecule has 1 fully saturated rings. The normalized spacial score (nSPS) is 21.3. The molecule has 2 aromatic heterocycles. The third kappa shape index (κ3) is 14.6. The van der Waals surface area contributed by atoms with Gasteiger partial charge in [0.1, 0.15) is 48.4 Å². The van der Waals surface area contributed by atoms with Crippen LogP contribution in [-0.2, 0) is 60.8 Å². The zero-order valence-electron chi connectivity index (χ0n) is 42.2. The maximum atomic E-state index is 14.8. The van der Waals surface area contributed by atoms with Gasteiger partial charge in [0.2, 0.25) is 41.2 Å². The monoisotopic (exact) mass is 1030 g/mol. The number of imidazole rings is 1. The number of ketones is 1. The Hall–Kier alpha value is -7.90. The van der Waals surface area contributed by atoms with Gasteiger partial charge in [-0.25, -0.2) is 14.6 Å². The number of aliphatic imine (C=N–C) groups is 1. The average Bonchev–Trinajstić information content (AvgIpc) is 4.07. The number of hydrogen-bond acceptors (Lipinski definition) is 13. The van der Waals surface area contributed by atoms with Crippen LogP contribution in [-0.4, -0.2) is 145 Å². The van der Waals surface area contributed by atoms with Crippen molar-refractivity contribution in [3.05, 3.63) is 47.5 Å². The Labute approximate surface area is 425 Å². The molecule has 7 amide bonds. The summed E-state index contributed by atoms with van der Waals surface area (Å²) in [6.07, 6.45) is 2.38. The summed E-state index contributed by atoms with van der Waals surface area (Å²) < 4.78 is 1.49. The number of benzene rings is 1. The van der Waals surface area contributed by atoms with Crippen molar-refractivity contribution < 1.29 is 58.2 Å². The van der Waals surface area contributed by atoms with Gasteiger partial charge >= 0.3 is 11.9 Å². The van der Waals surface area contributed by atoms with E-state index >= 15 is 0 Å². The van der Waals surface area contributed by atoms with Gasteiger partial charge in [-0.3, -0.25) is 47.9 Å². The summed E-state index contributed by atoms with van der Waals surface area (Å²) in [5.74, 6) is -11.6. The van der Waals surface area contributed by atoms with Gasteiger partial charge < -0.3 is 69.6 Å². The SMILES string of the molecule is CC(C)C[C@@H]1NC(=O)[C@@H](NC(=O)C(=O)[C@@H]2CCC(=O)N2)[C@@H](C(C)C)c2ccc3c(c(-n4cnc(C[C@H](NC(=O)CN)C(=O)O)c4)[nH]c3c2)C[C@@H](C(=O)N[C@@H](CCCN=C(N)N)C(=O)O)NC(=O)[C@H](C(C)C)NC1=O. The van der Waals surface area contributed by atoms with Crippen LogP contribution < -0.4 is 54.4 Å². The number of carboxylic acids is 2. The van der Waals surface area contributed by atoms with Crippen molar-refractivity contribution in [1.82, 2.24) is 51.8 Å². The Morgan fingerprint density at radius 1 is 0.865 bits per heavy atom. The number of carbonyl (C=O) groups excluding carboxylic acids is 8. The van der Waals surface area contributed by atoms with E-state index < -0.39 is 126 Å². The molecule has 74 heavy (non-hydrogen) atoms. The lowest BCUT2D eigenvalue weighted by Gasteiger charge is -2.32. The molecule has 3 aromatic rings. The molecule has 0 saturated carbocycles. The smallest absolute Gasteiger partial charge is 0.326 e. The number of aliphatic carboxylic acids is 2. The fourth-order valence-electron chi connectivity index (χ4n) is 9.07. The Morgan fingerprint density at radius 3 is 2.16 bits per heavy atom. The van der Waals surface area contributed by atoms with Crippen molar-refractivity contribution in [2.24, 2.45) is 39.9 Å². The highest BCUT2D eigenvalue weighted by Crippen LogP contribution is 2.34. The maximum Gasteiger partial charge on any atom is 0.326 e. The second kappa shape index (κ2) is 25.2. The fourth-order valence-corrected chi connectivity index (χ4v) is 9.07. The minimum atomic E-state index is -1.55. The summed E-state index contributed by atoms with van der Waals surface area (Å²) in [6.45, 7) is 10.1. The molecule has 4 bridgehead atoms. The number of aromatic amines is 1. The number of H-pyrrole nitrogens is 1. The number of amides is 7. The lowest BCUT2D eigenvalue weighted by Crippen LogP contribution is -2.61. The van der Waals surface area contributed by atoms with E-state index in [0.29, 0.717) is 22.0 Å². The molecule has 3 aliphatic heterocycles. The highest BCUT2D eigenvalue weighted by atomic mass is 16.4. The molecule has 26 heteroatoms. The number of fused-ring (bicyclic) bond motifs is 12. The standard InChI is InChI=1S/C48H68N14O12/c1-21(2)14-31-42(67)60-37(23(5)6)43(68)59-32(41(66)57-29(46(71)72)8-7-13-52-48(50)51)17-27-26-10-9-24(36(22(3)4)38(44(69)58-31)61-45(70)39(65)28-11-12-34(63)54-28)15-30(26)56-40(27)62-19-25(53-20-62)16-33(47(73)74)55-35(64)18-49/h9-10,15,19-23,28-29,31-33,36-38,56H,7-8,11-14,16-18,49H2,1-6H3,(H,54,63)(H,55,64)(H,57,66)(H,58,69)(H,59,68)(H,60,67)(H,61,70)(H,71,72)(H,73,74)(H4,50,51,52)/t28-,29-,31-,32-,33-,36-,37-,38-/m0/s1. The highest BCUT2D eigenvalue weighted by molar-refractivity contribution is 6.39. The van der Waals surface area contributed by atoms with E-state index in [2.05, 4.69) is 52.2 Å². The Balaban J connectivity index is 1.74. The second-order valence-corrected chi connectivity index (χ2v) is 19.7. The maximum absolute atomic E-state index is 14.8. The number of nitrogens with zero attached hydrogens (tertiary/aromatic N) is 3. The molecule has 1 aromatic carbocycles. The first-order valence-electron chi connectivity index (χ1n) is 24.4. The van der Waals surface area contributed by atoms with Crippen molar-refractivity contribution >= 4 is 75.9 Å². The van der Waals surface area contributed by atoms with Crippen LogP contribution in [0.2, 0.25) is 0 Å². The first-order valence-corrected chi connectivity index (χ1v) is 24.4. The third-order valence-electron chi connectivity index (χ3n) is 12.8. The first kappa shape index (κ1) is 57.0. The van der Waals surface area contributed by atoms with Crippen LogP contribution >= 0.6 is 0 Å². The topological polar surface area (TPSA) is 419 Å². The Morgan fingerprint density at radius 2 is 1.57 bits per heavy atom. The van der Waals surface area contributed by atoms with Crippen LogP contribution in [0.3, 0.4) is 0 Å². The quantitative estimate of drug-likeness (QED) is 0.0188. The second-order valence-electron chi connectivity index (χ2n) is 19.7. The molecule has 0 radical (unpaired) electrons. The summed E-state index contributed by atoms with van der Waals surface area (Å²) in [4.78, 5) is 146.